The zero-order valence-corrected chi connectivity index (χ0v) is 21.9. The number of para-hydroxylation sites is 1. The molecule has 3 aromatic rings. The number of anilines is 1. The molecule has 200 valence electrons. The molecular formula is C25H26ClN5O6S. The highest BCUT2D eigenvalue weighted by molar-refractivity contribution is 7.92. The van der Waals surface area contributed by atoms with Crippen LogP contribution in [0.15, 0.2) is 81.9 Å². The molecule has 1 N–H and O–H groups in total. The first-order valence-electron chi connectivity index (χ1n) is 11.8. The van der Waals surface area contributed by atoms with Crippen LogP contribution in [0.2, 0.25) is 5.02 Å². The Bertz CT molecular complexity index is 1410. The second-order valence-electron chi connectivity index (χ2n) is 8.34. The Hall–Kier alpha value is -3.58. The second-order valence-corrected chi connectivity index (χ2v) is 10.4. The van der Waals surface area contributed by atoms with Gasteiger partial charge in [-0.05, 0) is 35.9 Å². The molecule has 38 heavy (non-hydrogen) atoms. The first kappa shape index (κ1) is 27.5. The molecule has 0 unspecified atom stereocenters. The van der Waals surface area contributed by atoms with E-state index >= 15 is 0 Å². The van der Waals surface area contributed by atoms with E-state index in [2.05, 4.69) is 19.9 Å². The minimum atomic E-state index is -4.27. The zero-order chi connectivity index (χ0) is 27.0. The Morgan fingerprint density at radius 3 is 2.63 bits per heavy atom. The van der Waals surface area contributed by atoms with Crippen LogP contribution in [0, 0.1) is 10.1 Å². The van der Waals surface area contributed by atoms with Crippen molar-refractivity contribution in [3.8, 4) is 5.75 Å². The molecule has 1 heterocycles. The fourth-order valence-corrected chi connectivity index (χ4v) is 5.18. The number of nitro groups is 1. The van der Waals surface area contributed by atoms with Crippen molar-refractivity contribution in [1.29, 1.82) is 0 Å². The van der Waals surface area contributed by atoms with E-state index in [4.69, 9.17) is 21.1 Å². The fraction of sp³-hybridized carbons (Fsp3) is 0.280. The van der Waals surface area contributed by atoms with Crippen LogP contribution in [0.1, 0.15) is 5.56 Å². The highest BCUT2D eigenvalue weighted by Crippen LogP contribution is 2.32. The monoisotopic (exact) mass is 559 g/mol. The van der Waals surface area contributed by atoms with Gasteiger partial charge in [-0.25, -0.2) is 8.42 Å². The van der Waals surface area contributed by atoms with Crippen LogP contribution in [0.5, 0.6) is 5.75 Å². The number of non-ortho nitro benzene ring substituents is 1. The van der Waals surface area contributed by atoms with Gasteiger partial charge >= 0.3 is 0 Å². The van der Waals surface area contributed by atoms with E-state index in [-0.39, 0.29) is 22.9 Å². The van der Waals surface area contributed by atoms with E-state index in [1.54, 1.807) is 12.1 Å². The van der Waals surface area contributed by atoms with Crippen LogP contribution >= 0.6 is 11.6 Å². The predicted molar refractivity (Wildman–Crippen MR) is 143 cm³/mol. The minimum Gasteiger partial charge on any atom is -0.492 e. The van der Waals surface area contributed by atoms with Gasteiger partial charge < -0.3 is 9.47 Å². The molecule has 0 aliphatic carbocycles. The number of sulfonamides is 1. The second kappa shape index (κ2) is 12.8. The number of ether oxygens (including phenoxy) is 2. The van der Waals surface area contributed by atoms with Crippen molar-refractivity contribution >= 4 is 38.7 Å². The summed E-state index contributed by atoms with van der Waals surface area (Å²) in [5.74, 6) is 0.688. The van der Waals surface area contributed by atoms with E-state index in [0.717, 1.165) is 44.5 Å². The third-order valence-electron chi connectivity index (χ3n) is 5.67. The largest absolute Gasteiger partial charge is 0.492 e. The van der Waals surface area contributed by atoms with Gasteiger partial charge in [0.2, 0.25) is 0 Å². The molecule has 1 aliphatic heterocycles. The smallest absolute Gasteiger partial charge is 0.270 e. The van der Waals surface area contributed by atoms with Crippen molar-refractivity contribution in [2.45, 2.75) is 11.4 Å². The van der Waals surface area contributed by atoms with Crippen LogP contribution in [-0.4, -0.2) is 57.7 Å². The first-order chi connectivity index (χ1) is 18.3. The van der Waals surface area contributed by atoms with Crippen LogP contribution < -0.4 is 9.46 Å². The normalized spacial score (nSPS) is 14.4. The summed E-state index contributed by atoms with van der Waals surface area (Å²) in [6.45, 7) is 4.72. The quantitative estimate of drug-likeness (QED) is 0.197. The van der Waals surface area contributed by atoms with Crippen molar-refractivity contribution in [2.24, 2.45) is 10.2 Å². The summed E-state index contributed by atoms with van der Waals surface area (Å²) >= 11 is 6.08. The maximum atomic E-state index is 13.1. The number of hydrogen-bond donors (Lipinski definition) is 1. The van der Waals surface area contributed by atoms with E-state index in [0.29, 0.717) is 12.4 Å². The Kier molecular flexibility index (Phi) is 9.24. The van der Waals surface area contributed by atoms with Crippen molar-refractivity contribution in [2.75, 3.05) is 44.2 Å². The summed E-state index contributed by atoms with van der Waals surface area (Å²) in [4.78, 5) is 12.5. The number of nitrogens with one attached hydrogen (secondary N) is 1. The van der Waals surface area contributed by atoms with Crippen molar-refractivity contribution in [1.82, 2.24) is 4.90 Å². The fourth-order valence-electron chi connectivity index (χ4n) is 3.70. The average Bonchev–Trinajstić information content (AvgIpc) is 2.91. The molecular weight excluding hydrogens is 534 g/mol. The number of morpholine rings is 1. The Balaban J connectivity index is 1.47. The van der Waals surface area contributed by atoms with Crippen molar-refractivity contribution in [3.63, 3.8) is 0 Å². The molecule has 0 amide bonds. The lowest BCUT2D eigenvalue weighted by Gasteiger charge is -2.26. The maximum Gasteiger partial charge on any atom is 0.270 e. The highest BCUT2D eigenvalue weighted by Gasteiger charge is 2.23. The van der Waals surface area contributed by atoms with E-state index in [1.165, 1.54) is 24.3 Å². The predicted octanol–water partition coefficient (Wildman–Crippen LogP) is 5.04. The van der Waals surface area contributed by atoms with E-state index in [1.807, 2.05) is 24.3 Å². The number of nitrogens with zero attached hydrogens (tertiary/aromatic N) is 4. The van der Waals surface area contributed by atoms with Crippen LogP contribution in [-0.2, 0) is 21.3 Å². The number of nitro benzene ring substituents is 1. The van der Waals surface area contributed by atoms with Gasteiger partial charge in [-0.2, -0.15) is 10.2 Å². The molecule has 0 saturated carbocycles. The first-order valence-corrected chi connectivity index (χ1v) is 13.6. The van der Waals surface area contributed by atoms with Gasteiger partial charge in [0.15, 0.2) is 0 Å². The Morgan fingerprint density at radius 1 is 1.08 bits per heavy atom. The average molecular weight is 560 g/mol. The summed E-state index contributed by atoms with van der Waals surface area (Å²) < 4.78 is 39.8. The molecule has 13 heteroatoms. The Labute approximate surface area is 225 Å². The summed E-state index contributed by atoms with van der Waals surface area (Å²) in [6, 6.07) is 17.0. The van der Waals surface area contributed by atoms with Crippen LogP contribution in [0.25, 0.3) is 0 Å². The Morgan fingerprint density at radius 2 is 1.87 bits per heavy atom. The van der Waals surface area contributed by atoms with E-state index in [9.17, 15) is 18.5 Å². The summed E-state index contributed by atoms with van der Waals surface area (Å²) in [7, 11) is -4.27. The molecule has 0 bridgehead atoms. The molecule has 1 saturated heterocycles. The van der Waals surface area contributed by atoms with Crippen LogP contribution in [0.3, 0.4) is 0 Å². The number of hydrogen-bond acceptors (Lipinski definition) is 9. The topological polar surface area (TPSA) is 136 Å². The van der Waals surface area contributed by atoms with Crippen molar-refractivity contribution in [3.05, 3.63) is 87.4 Å². The maximum absolute atomic E-state index is 13.1. The van der Waals surface area contributed by atoms with E-state index < -0.39 is 25.5 Å². The molecule has 11 nitrogen and oxygen atoms in total. The van der Waals surface area contributed by atoms with Gasteiger partial charge in [0, 0.05) is 31.8 Å². The number of azo groups is 1. The van der Waals surface area contributed by atoms with Gasteiger partial charge in [0.05, 0.1) is 35.4 Å². The lowest BCUT2D eigenvalue weighted by atomic mass is 10.2. The summed E-state index contributed by atoms with van der Waals surface area (Å²) in [5, 5.41) is 19.7. The number of halogens is 1. The van der Waals surface area contributed by atoms with Gasteiger partial charge in [-0.1, -0.05) is 35.9 Å². The van der Waals surface area contributed by atoms with Gasteiger partial charge in [0.1, 0.15) is 22.9 Å². The van der Waals surface area contributed by atoms with Gasteiger partial charge in [0.25, 0.3) is 15.7 Å². The molecule has 1 aliphatic rings. The molecule has 0 aromatic heterocycles. The van der Waals surface area contributed by atoms with Gasteiger partial charge in [-0.15, -0.1) is 0 Å². The summed E-state index contributed by atoms with van der Waals surface area (Å²) in [5.41, 5.74) is 0.491. The molecule has 3 aromatic carbocycles. The van der Waals surface area contributed by atoms with Crippen molar-refractivity contribution < 1.29 is 22.8 Å². The molecule has 0 radical (unpaired) electrons. The molecule has 0 spiro atoms. The summed E-state index contributed by atoms with van der Waals surface area (Å²) in [6.07, 6.45) is 0. The lowest BCUT2D eigenvalue weighted by Crippen LogP contribution is -2.38. The van der Waals surface area contributed by atoms with Crippen LogP contribution in [0.4, 0.5) is 17.1 Å². The standard InChI is InChI=1S/C25H26ClN5O6S/c26-22-6-1-2-7-23(22)29-38(34,35)25-17-20(31(32)33)8-9-24(25)28-27-18-19-4-3-5-21(16-19)37-15-12-30-10-13-36-14-11-30/h1-9,16-17,29H,10-15,18H2. The minimum absolute atomic E-state index is 0.0481. The third-order valence-corrected chi connectivity index (χ3v) is 7.40. The molecule has 0 atom stereocenters. The van der Waals surface area contributed by atoms with Gasteiger partial charge in [-0.3, -0.25) is 19.7 Å². The molecule has 4 rings (SSSR count). The zero-order valence-electron chi connectivity index (χ0n) is 20.3. The number of rotatable bonds is 11. The lowest BCUT2D eigenvalue weighted by molar-refractivity contribution is -0.385. The SMILES string of the molecule is O=[N+]([O-])c1ccc(N=NCc2cccc(OCCN3CCOCC3)c2)c(S(=O)(=O)Nc2ccccc2Cl)c1. The molecule has 1 fully saturated rings. The third kappa shape index (κ3) is 7.48. The number of benzene rings is 3. The highest BCUT2D eigenvalue weighted by atomic mass is 35.5.